The molecule has 2 nitrogen and oxygen atoms in total. The Labute approximate surface area is 140 Å². The van der Waals surface area contributed by atoms with E-state index in [1.807, 2.05) is 18.2 Å². The molecule has 2 N–H and O–H groups in total. The molecule has 1 aliphatic rings. The van der Waals surface area contributed by atoms with Gasteiger partial charge in [-0.2, -0.15) is 11.8 Å². The van der Waals surface area contributed by atoms with E-state index in [1.165, 1.54) is 5.56 Å². The van der Waals surface area contributed by atoms with E-state index in [4.69, 9.17) is 41.2 Å². The molecule has 0 unspecified atom stereocenters. The smallest absolute Gasteiger partial charge is 0.0891 e. The second kappa shape index (κ2) is 6.84. The fourth-order valence-corrected chi connectivity index (χ4v) is 4.09. The Kier molecular flexibility index (Phi) is 5.60. The van der Waals surface area contributed by atoms with Gasteiger partial charge in [-0.3, -0.25) is 4.90 Å². The molecule has 1 fully saturated rings. The number of thiocarbonyl (C=S) groups is 1. The lowest BCUT2D eigenvalue weighted by molar-refractivity contribution is 0.212. The Balaban J connectivity index is 1.97. The van der Waals surface area contributed by atoms with Crippen molar-refractivity contribution in [3.8, 4) is 0 Å². The van der Waals surface area contributed by atoms with Gasteiger partial charge in [0.15, 0.2) is 0 Å². The van der Waals surface area contributed by atoms with Gasteiger partial charge in [0.2, 0.25) is 0 Å². The summed E-state index contributed by atoms with van der Waals surface area (Å²) in [5.74, 6) is 0. The molecule has 1 aromatic rings. The Morgan fingerprint density at radius 3 is 2.50 bits per heavy atom. The van der Waals surface area contributed by atoms with Gasteiger partial charge >= 0.3 is 0 Å². The van der Waals surface area contributed by atoms with Crippen molar-refractivity contribution < 1.29 is 0 Å². The molecule has 1 heterocycles. The Hall–Kier alpha value is -0.000000000000000111. The van der Waals surface area contributed by atoms with E-state index in [1.54, 1.807) is 11.8 Å². The molecule has 0 saturated carbocycles. The highest BCUT2D eigenvalue weighted by atomic mass is 35.5. The zero-order valence-electron chi connectivity index (χ0n) is 11.4. The Morgan fingerprint density at radius 1 is 1.35 bits per heavy atom. The topological polar surface area (TPSA) is 29.3 Å². The third-order valence-corrected chi connectivity index (χ3v) is 6.56. The third-order valence-electron chi connectivity index (χ3n) is 3.89. The summed E-state index contributed by atoms with van der Waals surface area (Å²) in [6, 6.07) is 5.82. The minimum absolute atomic E-state index is 0.0243. The van der Waals surface area contributed by atoms with Gasteiger partial charge in [0.1, 0.15) is 0 Å². The highest BCUT2D eigenvalue weighted by molar-refractivity contribution is 8.02. The second-order valence-corrected chi connectivity index (χ2v) is 7.53. The monoisotopic (exact) mass is 348 g/mol. The van der Waals surface area contributed by atoms with Crippen LogP contribution >= 0.6 is 47.2 Å². The lowest BCUT2D eigenvalue weighted by atomic mass is 9.95. The van der Waals surface area contributed by atoms with Crippen LogP contribution in [0, 0.1) is 0 Å². The van der Waals surface area contributed by atoms with E-state index in [9.17, 15) is 0 Å². The van der Waals surface area contributed by atoms with Crippen LogP contribution in [0.25, 0.3) is 0 Å². The van der Waals surface area contributed by atoms with Crippen molar-refractivity contribution in [2.45, 2.75) is 24.1 Å². The molecule has 0 aromatic heterocycles. The second-order valence-electron chi connectivity index (χ2n) is 5.09. The molecule has 0 spiro atoms. The van der Waals surface area contributed by atoms with Crippen LogP contribution in [0.15, 0.2) is 18.2 Å². The average molecular weight is 349 g/mol. The minimum atomic E-state index is -0.0243. The number of likely N-dealkylation sites (tertiary alicyclic amines) is 1. The zero-order chi connectivity index (χ0) is 14.8. The molecule has 0 aliphatic carbocycles. The lowest BCUT2D eigenvalue weighted by Gasteiger charge is -2.40. The fourth-order valence-electron chi connectivity index (χ4n) is 2.52. The standard InChI is InChI=1S/C14H18Cl2N2S2/c1-20-14(13(17)19)4-6-18(7-5-14)9-10-2-3-11(15)12(16)8-10/h2-3,8H,4-7,9H2,1H3,(H2,17,19). The number of hydrogen-bond acceptors (Lipinski definition) is 3. The van der Waals surface area contributed by atoms with Gasteiger partial charge < -0.3 is 5.73 Å². The van der Waals surface area contributed by atoms with Crippen molar-refractivity contribution in [3.05, 3.63) is 33.8 Å². The van der Waals surface area contributed by atoms with Crippen LogP contribution in [-0.2, 0) is 6.54 Å². The van der Waals surface area contributed by atoms with Crippen LogP contribution in [0.3, 0.4) is 0 Å². The minimum Gasteiger partial charge on any atom is -0.392 e. The maximum Gasteiger partial charge on any atom is 0.0891 e. The van der Waals surface area contributed by atoms with Gasteiger partial charge in [-0.25, -0.2) is 0 Å². The van der Waals surface area contributed by atoms with Crippen LogP contribution in [-0.4, -0.2) is 34.0 Å². The maximum atomic E-state index is 6.05. The Bertz CT molecular complexity index is 500. The first kappa shape index (κ1) is 16.4. The summed E-state index contributed by atoms with van der Waals surface area (Å²) in [7, 11) is 0. The number of rotatable bonds is 4. The first-order valence-corrected chi connectivity index (χ1v) is 8.87. The number of nitrogens with two attached hydrogens (primary N) is 1. The zero-order valence-corrected chi connectivity index (χ0v) is 14.5. The highest BCUT2D eigenvalue weighted by Crippen LogP contribution is 2.35. The van der Waals surface area contributed by atoms with Gasteiger partial charge in [0.05, 0.1) is 19.8 Å². The van der Waals surface area contributed by atoms with Gasteiger partial charge in [-0.1, -0.05) is 41.5 Å². The van der Waals surface area contributed by atoms with Crippen LogP contribution in [0.2, 0.25) is 10.0 Å². The molecule has 0 radical (unpaired) electrons. The molecule has 0 atom stereocenters. The summed E-state index contributed by atoms with van der Waals surface area (Å²) >= 11 is 19.0. The number of piperidine rings is 1. The van der Waals surface area contributed by atoms with Crippen molar-refractivity contribution in [1.29, 1.82) is 0 Å². The van der Waals surface area contributed by atoms with Gasteiger partial charge in [-0.05, 0) is 36.8 Å². The van der Waals surface area contributed by atoms with Crippen molar-refractivity contribution in [1.82, 2.24) is 4.90 Å². The van der Waals surface area contributed by atoms with Crippen molar-refractivity contribution in [2.24, 2.45) is 5.73 Å². The molecule has 2 rings (SSSR count). The summed E-state index contributed by atoms with van der Waals surface area (Å²) in [4.78, 5) is 3.05. The first-order chi connectivity index (χ1) is 9.47. The van der Waals surface area contributed by atoms with Gasteiger partial charge in [0, 0.05) is 19.6 Å². The molecule has 1 saturated heterocycles. The summed E-state index contributed by atoms with van der Waals surface area (Å²) in [6.07, 6.45) is 4.10. The molecule has 1 aliphatic heterocycles. The molecule has 20 heavy (non-hydrogen) atoms. The van der Waals surface area contributed by atoms with E-state index in [0.717, 1.165) is 32.5 Å². The number of hydrogen-bond donors (Lipinski definition) is 1. The normalized spacial score (nSPS) is 18.9. The quantitative estimate of drug-likeness (QED) is 0.833. The van der Waals surface area contributed by atoms with E-state index in [-0.39, 0.29) is 4.75 Å². The van der Waals surface area contributed by atoms with E-state index in [2.05, 4.69) is 11.2 Å². The number of thioether (sulfide) groups is 1. The lowest BCUT2D eigenvalue weighted by Crippen LogP contribution is -2.48. The molecule has 0 bridgehead atoms. The number of nitrogens with zero attached hydrogens (tertiary/aromatic N) is 1. The van der Waals surface area contributed by atoms with E-state index in [0.29, 0.717) is 15.0 Å². The highest BCUT2D eigenvalue weighted by Gasteiger charge is 2.36. The van der Waals surface area contributed by atoms with Crippen molar-refractivity contribution in [3.63, 3.8) is 0 Å². The van der Waals surface area contributed by atoms with Gasteiger partial charge in [-0.15, -0.1) is 0 Å². The number of benzene rings is 1. The molecule has 1 aromatic carbocycles. The molecule has 110 valence electrons. The summed E-state index contributed by atoms with van der Waals surface area (Å²) in [5.41, 5.74) is 7.09. The largest absolute Gasteiger partial charge is 0.392 e. The molecular formula is C14H18Cl2N2S2. The Morgan fingerprint density at radius 2 is 2.00 bits per heavy atom. The average Bonchev–Trinajstić information content (AvgIpc) is 2.44. The van der Waals surface area contributed by atoms with Crippen molar-refractivity contribution >= 4 is 52.2 Å². The van der Waals surface area contributed by atoms with Crippen LogP contribution in [0.5, 0.6) is 0 Å². The van der Waals surface area contributed by atoms with Gasteiger partial charge in [0.25, 0.3) is 0 Å². The third kappa shape index (κ3) is 3.60. The predicted octanol–water partition coefficient (Wildman–Crippen LogP) is 3.98. The van der Waals surface area contributed by atoms with Crippen LogP contribution in [0.4, 0.5) is 0 Å². The van der Waals surface area contributed by atoms with E-state index < -0.39 is 0 Å². The summed E-state index contributed by atoms with van der Waals surface area (Å²) < 4.78 is -0.0243. The number of halogens is 2. The van der Waals surface area contributed by atoms with Crippen molar-refractivity contribution in [2.75, 3.05) is 19.3 Å². The van der Waals surface area contributed by atoms with E-state index >= 15 is 0 Å². The van der Waals surface area contributed by atoms with Crippen LogP contribution < -0.4 is 5.73 Å². The fraction of sp³-hybridized carbons (Fsp3) is 0.500. The summed E-state index contributed by atoms with van der Waals surface area (Å²) in [6.45, 7) is 2.88. The first-order valence-electron chi connectivity index (χ1n) is 6.48. The molecule has 0 amide bonds. The SMILES string of the molecule is CSC1(C(N)=S)CCN(Cc2ccc(Cl)c(Cl)c2)CC1. The maximum absolute atomic E-state index is 6.05. The predicted molar refractivity (Wildman–Crippen MR) is 94.0 cm³/mol. The molecular weight excluding hydrogens is 331 g/mol. The molecule has 6 heteroatoms. The van der Waals surface area contributed by atoms with Crippen LogP contribution in [0.1, 0.15) is 18.4 Å². The summed E-state index contributed by atoms with van der Waals surface area (Å²) in [5, 5.41) is 1.21.